The van der Waals surface area contributed by atoms with E-state index in [1.54, 1.807) is 6.92 Å². The highest BCUT2D eigenvalue weighted by molar-refractivity contribution is 7.92. The molecular weight excluding hydrogens is 324 g/mol. The molecule has 0 bridgehead atoms. The predicted octanol–water partition coefficient (Wildman–Crippen LogP) is 0.668. The molecule has 0 aromatic heterocycles. The molecule has 0 heterocycles. The van der Waals surface area contributed by atoms with Gasteiger partial charge in [-0.1, -0.05) is 13.0 Å². The van der Waals surface area contributed by atoms with Crippen LogP contribution in [0, 0.1) is 0 Å². The first-order chi connectivity index (χ1) is 10.8. The number of benzene rings is 1. The zero-order valence-corrected chi connectivity index (χ0v) is 13.7. The molecule has 1 aromatic rings. The number of carbonyl (C=O) groups excluding carboxylic acids is 1. The van der Waals surface area contributed by atoms with Crippen molar-refractivity contribution >= 4 is 27.6 Å². The summed E-state index contributed by atoms with van der Waals surface area (Å²) >= 11 is 0. The average Bonchev–Trinajstić information content (AvgIpc) is 2.46. The zero-order chi connectivity index (χ0) is 17.5. The number of ether oxygens (including phenoxy) is 1. The van der Waals surface area contributed by atoms with Gasteiger partial charge in [0, 0.05) is 18.4 Å². The number of nitrogens with one attached hydrogen (secondary N) is 2. The van der Waals surface area contributed by atoms with Gasteiger partial charge in [-0.2, -0.15) is 0 Å². The first-order valence-corrected chi connectivity index (χ1v) is 8.58. The first kappa shape index (κ1) is 18.9. The van der Waals surface area contributed by atoms with E-state index in [1.807, 2.05) is 0 Å². The lowest BCUT2D eigenvalue weighted by molar-refractivity contribution is -0.148. The smallest absolute Gasteiger partial charge is 0.334 e. The molecule has 8 nitrogen and oxygen atoms in total. The summed E-state index contributed by atoms with van der Waals surface area (Å²) in [5.41, 5.74) is 0.481. The van der Waals surface area contributed by atoms with Crippen LogP contribution in [-0.2, 0) is 19.6 Å². The van der Waals surface area contributed by atoms with Crippen LogP contribution in [0.2, 0.25) is 0 Å². The van der Waals surface area contributed by atoms with Crippen molar-refractivity contribution < 1.29 is 27.9 Å². The molecule has 0 saturated carbocycles. The number of hydrogen-bond acceptors (Lipinski definition) is 5. The number of rotatable bonds is 9. The van der Waals surface area contributed by atoms with Gasteiger partial charge in [-0.25, -0.2) is 13.2 Å². The Bertz CT molecular complexity index is 659. The fourth-order valence-corrected chi connectivity index (χ4v) is 2.91. The van der Waals surface area contributed by atoms with Gasteiger partial charge in [-0.15, -0.1) is 0 Å². The first-order valence-electron chi connectivity index (χ1n) is 6.93. The van der Waals surface area contributed by atoms with Crippen molar-refractivity contribution in [3.8, 4) is 0 Å². The number of carbonyl (C=O) groups is 2. The molecule has 0 spiro atoms. The quantitative estimate of drug-likeness (QED) is 0.605. The number of carboxylic acids is 1. The minimum Gasteiger partial charge on any atom is -0.479 e. The van der Waals surface area contributed by atoms with Crippen molar-refractivity contribution in [2.75, 3.05) is 24.1 Å². The van der Waals surface area contributed by atoms with E-state index < -0.39 is 28.0 Å². The number of carboxylic acid groups (broad SMARTS) is 1. The van der Waals surface area contributed by atoms with E-state index in [2.05, 4.69) is 10.0 Å². The van der Waals surface area contributed by atoms with Crippen molar-refractivity contribution in [3.63, 3.8) is 0 Å². The second-order valence-electron chi connectivity index (χ2n) is 4.77. The topological polar surface area (TPSA) is 122 Å². The molecule has 1 unspecified atom stereocenters. The van der Waals surface area contributed by atoms with Crippen LogP contribution in [-0.4, -0.2) is 50.9 Å². The van der Waals surface area contributed by atoms with Gasteiger partial charge < -0.3 is 15.2 Å². The fourth-order valence-electron chi connectivity index (χ4n) is 1.78. The Labute approximate surface area is 134 Å². The Kier molecular flexibility index (Phi) is 6.98. The Hall–Kier alpha value is -2.13. The van der Waals surface area contributed by atoms with Crippen LogP contribution in [0.15, 0.2) is 24.3 Å². The van der Waals surface area contributed by atoms with Crippen molar-refractivity contribution in [3.05, 3.63) is 29.8 Å². The maximum absolute atomic E-state index is 12.0. The summed E-state index contributed by atoms with van der Waals surface area (Å²) in [6.07, 6.45) is -0.673. The molecule has 0 aliphatic carbocycles. The molecule has 0 saturated heterocycles. The third-order valence-electron chi connectivity index (χ3n) is 2.88. The second-order valence-corrected chi connectivity index (χ2v) is 6.62. The molecule has 9 heteroatoms. The minimum atomic E-state index is -3.45. The van der Waals surface area contributed by atoms with E-state index in [4.69, 9.17) is 9.84 Å². The van der Waals surface area contributed by atoms with Gasteiger partial charge in [-0.05, 0) is 24.6 Å². The Morgan fingerprint density at radius 2 is 2.04 bits per heavy atom. The average molecular weight is 344 g/mol. The van der Waals surface area contributed by atoms with Crippen LogP contribution >= 0.6 is 0 Å². The van der Waals surface area contributed by atoms with Crippen LogP contribution < -0.4 is 10.0 Å². The lowest BCUT2D eigenvalue weighted by Crippen LogP contribution is -2.37. The largest absolute Gasteiger partial charge is 0.479 e. The van der Waals surface area contributed by atoms with E-state index in [0.29, 0.717) is 6.42 Å². The molecular formula is C14H20N2O6S. The Balaban J connectivity index is 2.76. The van der Waals surface area contributed by atoms with Gasteiger partial charge in [0.15, 0.2) is 6.10 Å². The van der Waals surface area contributed by atoms with Crippen LogP contribution in [0.4, 0.5) is 5.69 Å². The van der Waals surface area contributed by atoms with Gasteiger partial charge in [-0.3, -0.25) is 9.52 Å². The summed E-state index contributed by atoms with van der Waals surface area (Å²) in [6.45, 7) is 1.55. The predicted molar refractivity (Wildman–Crippen MR) is 84.9 cm³/mol. The molecule has 0 aliphatic heterocycles. The van der Waals surface area contributed by atoms with E-state index in [1.165, 1.54) is 31.4 Å². The standard InChI is InChI=1S/C14H20N2O6S/c1-3-7-23(20,21)16-11-6-4-5-10(8-11)13(17)15-9-12(22-2)14(18)19/h4-6,8,12,16H,3,7,9H2,1-2H3,(H,15,17)(H,18,19). The zero-order valence-electron chi connectivity index (χ0n) is 12.9. The fraction of sp³-hybridized carbons (Fsp3) is 0.429. The molecule has 1 aromatic carbocycles. The lowest BCUT2D eigenvalue weighted by Gasteiger charge is -2.12. The molecule has 128 valence electrons. The van der Waals surface area contributed by atoms with Crippen LogP contribution in [0.5, 0.6) is 0 Å². The number of amides is 1. The number of methoxy groups -OCH3 is 1. The number of anilines is 1. The molecule has 0 radical (unpaired) electrons. The van der Waals surface area contributed by atoms with Crippen molar-refractivity contribution in [1.29, 1.82) is 0 Å². The van der Waals surface area contributed by atoms with E-state index in [9.17, 15) is 18.0 Å². The van der Waals surface area contributed by atoms with Crippen LogP contribution in [0.3, 0.4) is 0 Å². The van der Waals surface area contributed by atoms with Gasteiger partial charge in [0.2, 0.25) is 10.0 Å². The molecule has 1 rings (SSSR count). The summed E-state index contributed by atoms with van der Waals surface area (Å²) in [5, 5.41) is 11.3. The van der Waals surface area contributed by atoms with Crippen molar-refractivity contribution in [2.24, 2.45) is 0 Å². The van der Waals surface area contributed by atoms with Crippen molar-refractivity contribution in [1.82, 2.24) is 5.32 Å². The van der Waals surface area contributed by atoms with E-state index in [0.717, 1.165) is 0 Å². The molecule has 3 N–H and O–H groups in total. The monoisotopic (exact) mass is 344 g/mol. The minimum absolute atomic E-state index is 0.0163. The summed E-state index contributed by atoms with van der Waals surface area (Å²) in [7, 11) is -2.22. The molecule has 0 fully saturated rings. The molecule has 23 heavy (non-hydrogen) atoms. The highest BCUT2D eigenvalue weighted by Gasteiger charge is 2.18. The van der Waals surface area contributed by atoms with Gasteiger partial charge in [0.25, 0.3) is 5.91 Å². The highest BCUT2D eigenvalue weighted by Crippen LogP contribution is 2.13. The van der Waals surface area contributed by atoms with Gasteiger partial charge >= 0.3 is 5.97 Å². The highest BCUT2D eigenvalue weighted by atomic mass is 32.2. The second kappa shape index (κ2) is 8.49. The SMILES string of the molecule is CCCS(=O)(=O)Nc1cccc(C(=O)NCC(OC)C(=O)O)c1. The normalized spacial score (nSPS) is 12.4. The Morgan fingerprint density at radius 3 is 2.61 bits per heavy atom. The molecule has 1 atom stereocenters. The van der Waals surface area contributed by atoms with Gasteiger partial charge in [0.05, 0.1) is 12.3 Å². The third-order valence-corrected chi connectivity index (χ3v) is 4.37. The number of aliphatic carboxylic acids is 1. The maximum Gasteiger partial charge on any atom is 0.334 e. The summed E-state index contributed by atoms with van der Waals surface area (Å²) < 4.78 is 30.5. The maximum atomic E-state index is 12.0. The summed E-state index contributed by atoms with van der Waals surface area (Å²) in [6, 6.07) is 5.93. The number of sulfonamides is 1. The molecule has 0 aliphatic rings. The van der Waals surface area contributed by atoms with Crippen LogP contribution in [0.25, 0.3) is 0 Å². The van der Waals surface area contributed by atoms with Gasteiger partial charge in [0.1, 0.15) is 0 Å². The van der Waals surface area contributed by atoms with Crippen molar-refractivity contribution in [2.45, 2.75) is 19.4 Å². The number of hydrogen-bond donors (Lipinski definition) is 3. The molecule has 1 amide bonds. The summed E-state index contributed by atoms with van der Waals surface area (Å²) in [4.78, 5) is 22.8. The van der Waals surface area contributed by atoms with E-state index >= 15 is 0 Å². The van der Waals surface area contributed by atoms with Crippen LogP contribution in [0.1, 0.15) is 23.7 Å². The summed E-state index contributed by atoms with van der Waals surface area (Å²) in [5.74, 6) is -1.73. The third kappa shape index (κ3) is 6.25. The lowest BCUT2D eigenvalue weighted by atomic mass is 10.2. The Morgan fingerprint density at radius 1 is 1.35 bits per heavy atom. The van der Waals surface area contributed by atoms with E-state index in [-0.39, 0.29) is 23.5 Å².